The Balaban J connectivity index is 1.58. The number of aliphatic hydroxyl groups excluding tert-OH is 4. The predicted octanol–water partition coefficient (Wildman–Crippen LogP) is 5.08. The van der Waals surface area contributed by atoms with Gasteiger partial charge in [0.25, 0.3) is 0 Å². The average Bonchev–Trinajstić information content (AvgIpc) is 2.77. The summed E-state index contributed by atoms with van der Waals surface area (Å²) in [6.45, 7) is 16.2. The van der Waals surface area contributed by atoms with Crippen molar-refractivity contribution < 1.29 is 20.4 Å². The van der Waals surface area contributed by atoms with Crippen LogP contribution in [0.2, 0.25) is 0 Å². The molecule has 5 aliphatic carbocycles. The van der Waals surface area contributed by atoms with Gasteiger partial charge >= 0.3 is 0 Å². The molecule has 0 saturated heterocycles. The molecular formula is C30H50O4. The Hall–Kier alpha value is -0.420. The number of allylic oxidation sites excluding steroid dienone is 2. The van der Waals surface area contributed by atoms with Crippen LogP contribution in [0.15, 0.2) is 11.6 Å². The van der Waals surface area contributed by atoms with Gasteiger partial charge in [0, 0.05) is 10.8 Å². The highest BCUT2D eigenvalue weighted by Gasteiger charge is 2.69. The lowest BCUT2D eigenvalue weighted by molar-refractivity contribution is -0.225. The monoisotopic (exact) mass is 474 g/mol. The first kappa shape index (κ1) is 25.2. The summed E-state index contributed by atoms with van der Waals surface area (Å²) in [6.07, 6.45) is 8.79. The van der Waals surface area contributed by atoms with Crippen LogP contribution in [0.3, 0.4) is 0 Å². The van der Waals surface area contributed by atoms with Gasteiger partial charge in [-0.1, -0.05) is 60.1 Å². The van der Waals surface area contributed by atoms with E-state index in [-0.39, 0.29) is 33.7 Å². The van der Waals surface area contributed by atoms with E-state index in [2.05, 4.69) is 54.5 Å². The molecule has 0 bridgehead atoms. The van der Waals surface area contributed by atoms with Crippen LogP contribution in [-0.2, 0) is 0 Å². The second kappa shape index (κ2) is 7.33. The molecule has 0 heterocycles. The van der Waals surface area contributed by atoms with Crippen LogP contribution in [0.1, 0.15) is 99.8 Å². The van der Waals surface area contributed by atoms with E-state index in [0.717, 1.165) is 51.4 Å². The van der Waals surface area contributed by atoms with Crippen molar-refractivity contribution in [1.29, 1.82) is 0 Å². The molecule has 0 unspecified atom stereocenters. The van der Waals surface area contributed by atoms with Crippen molar-refractivity contribution in [2.75, 3.05) is 6.61 Å². The maximum atomic E-state index is 11.3. The molecule has 4 saturated carbocycles. The summed E-state index contributed by atoms with van der Waals surface area (Å²) in [5, 5.41) is 43.6. The van der Waals surface area contributed by atoms with Crippen LogP contribution in [0.25, 0.3) is 0 Å². The van der Waals surface area contributed by atoms with Crippen molar-refractivity contribution in [2.24, 2.45) is 50.2 Å². The summed E-state index contributed by atoms with van der Waals surface area (Å²) < 4.78 is 0. The topological polar surface area (TPSA) is 80.9 Å². The summed E-state index contributed by atoms with van der Waals surface area (Å²) >= 11 is 0. The van der Waals surface area contributed by atoms with Gasteiger partial charge in [-0.2, -0.15) is 0 Å². The Morgan fingerprint density at radius 3 is 2.12 bits per heavy atom. The fourth-order valence-corrected chi connectivity index (χ4v) is 10.7. The van der Waals surface area contributed by atoms with Gasteiger partial charge in [-0.15, -0.1) is 0 Å². The molecule has 4 N–H and O–H groups in total. The third kappa shape index (κ3) is 2.81. The molecule has 11 atom stereocenters. The average molecular weight is 475 g/mol. The van der Waals surface area contributed by atoms with E-state index in [0.29, 0.717) is 17.8 Å². The number of rotatable bonds is 1. The quantitative estimate of drug-likeness (QED) is 0.399. The molecule has 0 aromatic carbocycles. The Bertz CT molecular complexity index is 881. The molecule has 4 heteroatoms. The van der Waals surface area contributed by atoms with E-state index >= 15 is 0 Å². The van der Waals surface area contributed by atoms with Gasteiger partial charge in [0.15, 0.2) is 0 Å². The van der Waals surface area contributed by atoms with Crippen LogP contribution < -0.4 is 0 Å². The van der Waals surface area contributed by atoms with Gasteiger partial charge in [-0.25, -0.2) is 0 Å². The van der Waals surface area contributed by atoms with Crippen molar-refractivity contribution in [3.8, 4) is 0 Å². The van der Waals surface area contributed by atoms with Crippen LogP contribution in [0.5, 0.6) is 0 Å². The maximum Gasteiger partial charge on any atom is 0.0863 e. The normalized spacial score (nSPS) is 58.6. The second-order valence-corrected chi connectivity index (χ2v) is 15.2. The summed E-state index contributed by atoms with van der Waals surface area (Å²) in [5.74, 6) is 1.17. The molecule has 34 heavy (non-hydrogen) atoms. The Morgan fingerprint density at radius 2 is 1.47 bits per heavy atom. The largest absolute Gasteiger partial charge is 0.396 e. The Labute approximate surface area is 207 Å². The molecule has 0 aromatic heterocycles. The predicted molar refractivity (Wildman–Crippen MR) is 135 cm³/mol. The van der Waals surface area contributed by atoms with E-state index in [4.69, 9.17) is 0 Å². The minimum Gasteiger partial charge on any atom is -0.396 e. The van der Waals surface area contributed by atoms with Crippen molar-refractivity contribution in [1.82, 2.24) is 0 Å². The zero-order chi connectivity index (χ0) is 25.1. The molecule has 5 aliphatic rings. The molecule has 0 spiro atoms. The standard InChI is InChI=1S/C30H50O4/c1-25(2)16-19-18-8-9-21-27(4)12-11-22(32)28(5,17-31)20(27)10-13-30(21,7)29(18,6)15-14-26(19,3)24(34)23(25)33/h8,19-24,31-34H,9-17H2,1-7H3/t19-,20+,21+,22-,23-,24+,26+,27-,28+,29+,30+/m0/s1. The van der Waals surface area contributed by atoms with Gasteiger partial charge in [0.1, 0.15) is 0 Å². The number of hydrogen-bond donors (Lipinski definition) is 4. The molecule has 0 amide bonds. The fraction of sp³-hybridized carbons (Fsp3) is 0.933. The minimum atomic E-state index is -0.685. The smallest absolute Gasteiger partial charge is 0.0863 e. The molecule has 0 aromatic rings. The summed E-state index contributed by atoms with van der Waals surface area (Å²) in [4.78, 5) is 0. The maximum absolute atomic E-state index is 11.3. The molecule has 0 radical (unpaired) electrons. The van der Waals surface area contributed by atoms with E-state index in [1.807, 2.05) is 0 Å². The van der Waals surface area contributed by atoms with E-state index < -0.39 is 23.7 Å². The van der Waals surface area contributed by atoms with Gasteiger partial charge in [0.2, 0.25) is 0 Å². The first-order chi connectivity index (χ1) is 15.6. The SMILES string of the molecule is CC1(C)C[C@H]2C3=CC[C@@H]4[C@@]5(C)CC[C@H](O)[C@](C)(CO)[C@@H]5CC[C@@]4(C)[C@]3(C)CC[C@@]2(C)[C@H](O)[C@@H]1O. The van der Waals surface area contributed by atoms with Gasteiger partial charge < -0.3 is 20.4 Å². The van der Waals surface area contributed by atoms with E-state index in [1.165, 1.54) is 0 Å². The van der Waals surface area contributed by atoms with Gasteiger partial charge in [-0.05, 0) is 90.8 Å². The first-order valence-electron chi connectivity index (χ1n) is 14.0. The number of fused-ring (bicyclic) bond motifs is 7. The third-order valence-corrected chi connectivity index (χ3v) is 13.5. The highest BCUT2D eigenvalue weighted by molar-refractivity contribution is 5.34. The first-order valence-corrected chi connectivity index (χ1v) is 14.0. The lowest BCUT2D eigenvalue weighted by atomic mass is 9.33. The molecule has 194 valence electrons. The summed E-state index contributed by atoms with van der Waals surface area (Å²) in [5.41, 5.74) is 0.920. The van der Waals surface area contributed by atoms with E-state index in [9.17, 15) is 20.4 Å². The summed E-state index contributed by atoms with van der Waals surface area (Å²) in [7, 11) is 0. The van der Waals surface area contributed by atoms with Crippen molar-refractivity contribution in [3.05, 3.63) is 11.6 Å². The lowest BCUT2D eigenvalue weighted by Gasteiger charge is -2.72. The minimum absolute atomic E-state index is 0.0614. The van der Waals surface area contributed by atoms with Crippen LogP contribution in [0.4, 0.5) is 0 Å². The highest BCUT2D eigenvalue weighted by atomic mass is 16.3. The lowest BCUT2D eigenvalue weighted by Crippen LogP contribution is -2.67. The fourth-order valence-electron chi connectivity index (χ4n) is 10.7. The molecular weight excluding hydrogens is 424 g/mol. The van der Waals surface area contributed by atoms with Crippen molar-refractivity contribution in [3.63, 3.8) is 0 Å². The Morgan fingerprint density at radius 1 is 0.794 bits per heavy atom. The zero-order valence-corrected chi connectivity index (χ0v) is 22.7. The molecule has 5 rings (SSSR count). The third-order valence-electron chi connectivity index (χ3n) is 13.5. The van der Waals surface area contributed by atoms with Crippen LogP contribution >= 0.6 is 0 Å². The van der Waals surface area contributed by atoms with Gasteiger partial charge in [-0.3, -0.25) is 0 Å². The molecule has 0 aliphatic heterocycles. The molecule has 4 fully saturated rings. The van der Waals surface area contributed by atoms with E-state index in [1.54, 1.807) is 5.57 Å². The van der Waals surface area contributed by atoms with Crippen molar-refractivity contribution in [2.45, 2.75) is 118 Å². The number of aliphatic hydroxyl groups is 4. The van der Waals surface area contributed by atoms with Crippen LogP contribution in [-0.4, -0.2) is 45.3 Å². The summed E-state index contributed by atoms with van der Waals surface area (Å²) in [6, 6.07) is 0. The van der Waals surface area contributed by atoms with Crippen LogP contribution in [0, 0.1) is 50.2 Å². The zero-order valence-electron chi connectivity index (χ0n) is 22.7. The van der Waals surface area contributed by atoms with Gasteiger partial charge in [0.05, 0.1) is 24.9 Å². The molecule has 4 nitrogen and oxygen atoms in total. The highest BCUT2D eigenvalue weighted by Crippen LogP contribution is 2.75. The second-order valence-electron chi connectivity index (χ2n) is 15.2. The van der Waals surface area contributed by atoms with Crippen molar-refractivity contribution >= 4 is 0 Å². The Kier molecular flexibility index (Phi) is 5.44. The number of hydrogen-bond acceptors (Lipinski definition) is 4.